The molecule has 5 rings (SSSR count). The molecule has 0 saturated heterocycles. The quantitative estimate of drug-likeness (QED) is 0.374. The summed E-state index contributed by atoms with van der Waals surface area (Å²) < 4.78 is 3.93. The normalized spacial score (nSPS) is 13.4. The summed E-state index contributed by atoms with van der Waals surface area (Å²) in [4.78, 5) is 24.9. The number of hydrogen-bond acceptors (Lipinski definition) is 3. The molecule has 2 aromatic heterocycles. The van der Waals surface area contributed by atoms with Crippen LogP contribution in [0.1, 0.15) is 50.3 Å². The summed E-state index contributed by atoms with van der Waals surface area (Å²) in [7, 11) is 0. The van der Waals surface area contributed by atoms with Crippen molar-refractivity contribution in [3.63, 3.8) is 0 Å². The molecule has 0 aliphatic heterocycles. The molecule has 0 atom stereocenters. The summed E-state index contributed by atoms with van der Waals surface area (Å²) >= 11 is 0. The SMILES string of the molecule is Cc1cccn(-c2ccc3c(C#N)c(-c4ccc(NC(=O)NC(C)C)cc4)n(C4CCC4)c3c2)c1=O. The van der Waals surface area contributed by atoms with Gasteiger partial charge >= 0.3 is 6.03 Å². The zero-order valence-corrected chi connectivity index (χ0v) is 20.7. The first kappa shape index (κ1) is 23.4. The van der Waals surface area contributed by atoms with Crippen molar-refractivity contribution in [2.75, 3.05) is 5.32 Å². The topological polar surface area (TPSA) is 91.8 Å². The molecule has 4 aromatic rings. The van der Waals surface area contributed by atoms with Gasteiger partial charge in [-0.2, -0.15) is 5.26 Å². The zero-order valence-electron chi connectivity index (χ0n) is 20.7. The van der Waals surface area contributed by atoms with Crippen LogP contribution in [0.5, 0.6) is 0 Å². The van der Waals surface area contributed by atoms with Crippen molar-refractivity contribution < 1.29 is 4.79 Å². The third-order valence-corrected chi connectivity index (χ3v) is 6.79. The Bertz CT molecular complexity index is 1550. The molecular formula is C29H29N5O2. The summed E-state index contributed by atoms with van der Waals surface area (Å²) in [6, 6.07) is 19.7. The van der Waals surface area contributed by atoms with Crippen LogP contribution in [0.2, 0.25) is 0 Å². The van der Waals surface area contributed by atoms with Crippen molar-refractivity contribution in [3.05, 3.63) is 82.3 Å². The number of nitrogens with one attached hydrogen (secondary N) is 2. The van der Waals surface area contributed by atoms with E-state index < -0.39 is 0 Å². The lowest BCUT2D eigenvalue weighted by Crippen LogP contribution is -2.34. The van der Waals surface area contributed by atoms with Crippen LogP contribution < -0.4 is 16.2 Å². The largest absolute Gasteiger partial charge is 0.336 e. The number of hydrogen-bond donors (Lipinski definition) is 2. The number of pyridine rings is 1. The Kier molecular flexibility index (Phi) is 6.11. The number of aryl methyl sites for hydroxylation is 1. The minimum absolute atomic E-state index is 0.0428. The van der Waals surface area contributed by atoms with Crippen LogP contribution in [-0.2, 0) is 0 Å². The van der Waals surface area contributed by atoms with Gasteiger partial charge in [-0.15, -0.1) is 0 Å². The number of aromatic nitrogens is 2. The van der Waals surface area contributed by atoms with Crippen LogP contribution in [0, 0.1) is 18.3 Å². The molecule has 0 unspecified atom stereocenters. The molecular weight excluding hydrogens is 450 g/mol. The molecule has 36 heavy (non-hydrogen) atoms. The summed E-state index contributed by atoms with van der Waals surface area (Å²) in [6.45, 7) is 5.63. The Morgan fingerprint density at radius 1 is 1.11 bits per heavy atom. The average Bonchev–Trinajstić information content (AvgIpc) is 3.13. The first-order chi connectivity index (χ1) is 17.4. The predicted molar refractivity (Wildman–Crippen MR) is 143 cm³/mol. The highest BCUT2D eigenvalue weighted by atomic mass is 16.2. The van der Waals surface area contributed by atoms with E-state index in [1.54, 1.807) is 10.8 Å². The maximum Gasteiger partial charge on any atom is 0.319 e. The lowest BCUT2D eigenvalue weighted by molar-refractivity contribution is 0.250. The highest BCUT2D eigenvalue weighted by Crippen LogP contribution is 2.43. The van der Waals surface area contributed by atoms with E-state index in [0.29, 0.717) is 22.9 Å². The van der Waals surface area contributed by atoms with Crippen LogP contribution in [0.3, 0.4) is 0 Å². The fourth-order valence-electron chi connectivity index (χ4n) is 4.82. The monoisotopic (exact) mass is 479 g/mol. The van der Waals surface area contributed by atoms with Gasteiger partial charge in [0.15, 0.2) is 0 Å². The van der Waals surface area contributed by atoms with Crippen LogP contribution in [0.15, 0.2) is 65.6 Å². The molecule has 7 nitrogen and oxygen atoms in total. The molecule has 0 radical (unpaired) electrons. The molecule has 7 heteroatoms. The maximum atomic E-state index is 12.8. The second-order valence-electron chi connectivity index (χ2n) is 9.69. The van der Waals surface area contributed by atoms with Crippen LogP contribution in [-0.4, -0.2) is 21.2 Å². The standard InChI is InChI=1S/C29H29N5O2/c1-18(2)31-29(36)32-21-11-9-20(10-12-21)27-25(17-30)24-14-13-23(33-15-5-6-19(3)28(33)35)16-26(24)34(27)22-7-4-8-22/h5-6,9-16,18,22H,4,7-8H2,1-3H3,(H2,31,32,36). The van der Waals surface area contributed by atoms with Crippen molar-refractivity contribution in [2.24, 2.45) is 0 Å². The maximum absolute atomic E-state index is 12.8. The Morgan fingerprint density at radius 3 is 2.50 bits per heavy atom. The predicted octanol–water partition coefficient (Wildman–Crippen LogP) is 5.89. The van der Waals surface area contributed by atoms with Crippen LogP contribution >= 0.6 is 0 Å². The number of nitriles is 1. The van der Waals surface area contributed by atoms with Crippen molar-refractivity contribution in [1.29, 1.82) is 5.26 Å². The van der Waals surface area contributed by atoms with Gasteiger partial charge in [0.05, 0.1) is 22.5 Å². The Morgan fingerprint density at radius 2 is 1.86 bits per heavy atom. The van der Waals surface area contributed by atoms with Gasteiger partial charge in [0.1, 0.15) is 6.07 Å². The van der Waals surface area contributed by atoms with Gasteiger partial charge in [0, 0.05) is 34.9 Å². The number of carbonyl (C=O) groups excluding carboxylic acids is 1. The number of anilines is 1. The second kappa shape index (κ2) is 9.38. The van der Waals surface area contributed by atoms with Crippen LogP contribution in [0.4, 0.5) is 10.5 Å². The molecule has 1 fully saturated rings. The minimum atomic E-state index is -0.252. The molecule has 2 N–H and O–H groups in total. The van der Waals surface area contributed by atoms with E-state index in [-0.39, 0.29) is 17.6 Å². The third-order valence-electron chi connectivity index (χ3n) is 6.79. The van der Waals surface area contributed by atoms with E-state index in [4.69, 9.17) is 0 Å². The smallest absolute Gasteiger partial charge is 0.319 e. The number of rotatable bonds is 5. The lowest BCUT2D eigenvalue weighted by Gasteiger charge is -2.30. The average molecular weight is 480 g/mol. The summed E-state index contributed by atoms with van der Waals surface area (Å²) in [5, 5.41) is 16.7. The van der Waals surface area contributed by atoms with E-state index in [2.05, 4.69) is 21.3 Å². The van der Waals surface area contributed by atoms with Crippen molar-refractivity contribution in [3.8, 4) is 23.0 Å². The highest BCUT2D eigenvalue weighted by molar-refractivity contribution is 5.96. The molecule has 182 valence electrons. The molecule has 0 spiro atoms. The van der Waals surface area contributed by atoms with Gasteiger partial charge in [-0.1, -0.05) is 18.2 Å². The van der Waals surface area contributed by atoms with E-state index in [9.17, 15) is 14.9 Å². The lowest BCUT2D eigenvalue weighted by atomic mass is 9.92. The van der Waals surface area contributed by atoms with Gasteiger partial charge in [-0.25, -0.2) is 4.79 Å². The van der Waals surface area contributed by atoms with Crippen molar-refractivity contribution in [1.82, 2.24) is 14.5 Å². The van der Waals surface area contributed by atoms with Crippen LogP contribution in [0.25, 0.3) is 27.8 Å². The molecule has 2 amide bonds. The van der Waals surface area contributed by atoms with Crippen molar-refractivity contribution in [2.45, 2.75) is 52.1 Å². The zero-order chi connectivity index (χ0) is 25.4. The van der Waals surface area contributed by atoms with Gasteiger partial charge < -0.3 is 15.2 Å². The first-order valence-corrected chi connectivity index (χ1v) is 12.3. The first-order valence-electron chi connectivity index (χ1n) is 12.3. The Labute approximate surface area is 210 Å². The fraction of sp³-hybridized carbons (Fsp3) is 0.276. The molecule has 2 aromatic carbocycles. The van der Waals surface area contributed by atoms with E-state index in [1.165, 1.54) is 0 Å². The molecule has 2 heterocycles. The van der Waals surface area contributed by atoms with Gasteiger partial charge in [0.2, 0.25) is 0 Å². The second-order valence-corrected chi connectivity index (χ2v) is 9.69. The molecule has 0 bridgehead atoms. The number of carbonyl (C=O) groups is 1. The van der Waals surface area contributed by atoms with E-state index >= 15 is 0 Å². The van der Waals surface area contributed by atoms with Gasteiger partial charge in [-0.05, 0) is 82.0 Å². The van der Waals surface area contributed by atoms with Gasteiger partial charge in [-0.3, -0.25) is 9.36 Å². The minimum Gasteiger partial charge on any atom is -0.336 e. The molecule has 1 saturated carbocycles. The molecule has 1 aliphatic rings. The van der Waals surface area contributed by atoms with E-state index in [0.717, 1.165) is 47.1 Å². The fourth-order valence-corrected chi connectivity index (χ4v) is 4.82. The number of amides is 2. The molecule has 1 aliphatic carbocycles. The number of benzene rings is 2. The summed E-state index contributed by atoms with van der Waals surface area (Å²) in [6.07, 6.45) is 5.02. The highest BCUT2D eigenvalue weighted by Gasteiger charge is 2.28. The van der Waals surface area contributed by atoms with E-state index in [1.807, 2.05) is 75.4 Å². The summed E-state index contributed by atoms with van der Waals surface area (Å²) in [5.41, 5.74) is 5.46. The Balaban J connectivity index is 1.63. The number of urea groups is 1. The number of nitrogens with zero attached hydrogens (tertiary/aromatic N) is 3. The van der Waals surface area contributed by atoms with Crippen molar-refractivity contribution >= 4 is 22.6 Å². The Hall–Kier alpha value is -4.31. The number of fused-ring (bicyclic) bond motifs is 1. The third kappa shape index (κ3) is 4.16. The van der Waals surface area contributed by atoms with Gasteiger partial charge in [0.25, 0.3) is 5.56 Å². The summed E-state index contributed by atoms with van der Waals surface area (Å²) in [5.74, 6) is 0.